The Kier molecular flexibility index (Phi) is 4.47. The number of aliphatic carboxylic acids is 1. The Labute approximate surface area is 111 Å². The first-order valence-electron chi connectivity index (χ1n) is 5.94. The van der Waals surface area contributed by atoms with Gasteiger partial charge in [-0.3, -0.25) is 14.4 Å². The van der Waals surface area contributed by atoms with Crippen molar-refractivity contribution < 1.29 is 14.7 Å². The van der Waals surface area contributed by atoms with E-state index in [1.807, 2.05) is 20.8 Å². The predicted molar refractivity (Wildman–Crippen MR) is 70.1 cm³/mol. The summed E-state index contributed by atoms with van der Waals surface area (Å²) in [5.41, 5.74) is -0.452. The first-order chi connectivity index (χ1) is 8.71. The van der Waals surface area contributed by atoms with E-state index in [4.69, 9.17) is 5.11 Å². The van der Waals surface area contributed by atoms with Crippen LogP contribution in [0.25, 0.3) is 0 Å². The van der Waals surface area contributed by atoms with Gasteiger partial charge in [0.2, 0.25) is 5.56 Å². The second kappa shape index (κ2) is 5.69. The minimum absolute atomic E-state index is 0.119. The molecule has 0 unspecified atom stereocenters. The van der Waals surface area contributed by atoms with Gasteiger partial charge in [0.05, 0.1) is 12.0 Å². The number of nitrogens with one attached hydrogen (secondary N) is 1. The molecule has 0 saturated carbocycles. The van der Waals surface area contributed by atoms with Crippen molar-refractivity contribution in [2.24, 2.45) is 0 Å². The van der Waals surface area contributed by atoms with E-state index in [1.165, 1.54) is 23.2 Å². The van der Waals surface area contributed by atoms with E-state index < -0.39 is 11.5 Å². The lowest BCUT2D eigenvalue weighted by Gasteiger charge is -2.35. The van der Waals surface area contributed by atoms with Gasteiger partial charge in [0.1, 0.15) is 0 Å². The molecule has 0 radical (unpaired) electrons. The highest BCUT2D eigenvalue weighted by molar-refractivity contribution is 5.94. The summed E-state index contributed by atoms with van der Waals surface area (Å²) >= 11 is 0. The van der Waals surface area contributed by atoms with Gasteiger partial charge in [0.15, 0.2) is 0 Å². The fourth-order valence-corrected chi connectivity index (χ4v) is 1.65. The predicted octanol–water partition coefficient (Wildman–Crippen LogP) is 1.09. The zero-order valence-corrected chi connectivity index (χ0v) is 11.3. The largest absolute Gasteiger partial charge is 0.481 e. The lowest BCUT2D eigenvalue weighted by atomic mass is 10.0. The third-order valence-electron chi connectivity index (χ3n) is 2.64. The fourth-order valence-electron chi connectivity index (χ4n) is 1.65. The van der Waals surface area contributed by atoms with Gasteiger partial charge in [-0.15, -0.1) is 0 Å². The van der Waals surface area contributed by atoms with E-state index in [1.54, 1.807) is 0 Å². The number of aromatic amines is 1. The second-order valence-electron chi connectivity index (χ2n) is 5.21. The Balaban J connectivity index is 2.97. The molecule has 0 fully saturated rings. The van der Waals surface area contributed by atoms with Gasteiger partial charge in [-0.25, -0.2) is 0 Å². The highest BCUT2D eigenvalue weighted by atomic mass is 16.4. The number of carbonyl (C=O) groups excluding carboxylic acids is 1. The summed E-state index contributed by atoms with van der Waals surface area (Å²) in [6.45, 7) is 5.62. The van der Waals surface area contributed by atoms with Crippen molar-refractivity contribution in [3.8, 4) is 0 Å². The van der Waals surface area contributed by atoms with Gasteiger partial charge in [-0.2, -0.15) is 0 Å². The quantitative estimate of drug-likeness (QED) is 0.853. The van der Waals surface area contributed by atoms with Gasteiger partial charge < -0.3 is 15.0 Å². The van der Waals surface area contributed by atoms with E-state index in [0.717, 1.165) is 0 Å². The minimum Gasteiger partial charge on any atom is -0.481 e. The van der Waals surface area contributed by atoms with Crippen molar-refractivity contribution in [2.75, 3.05) is 6.54 Å². The smallest absolute Gasteiger partial charge is 0.305 e. The van der Waals surface area contributed by atoms with E-state index in [0.29, 0.717) is 5.56 Å². The zero-order valence-electron chi connectivity index (χ0n) is 11.3. The average molecular weight is 266 g/mol. The number of amides is 1. The molecule has 0 bridgehead atoms. The van der Waals surface area contributed by atoms with Crippen molar-refractivity contribution in [1.82, 2.24) is 9.88 Å². The molecular weight excluding hydrogens is 248 g/mol. The highest BCUT2D eigenvalue weighted by Gasteiger charge is 2.27. The van der Waals surface area contributed by atoms with Gasteiger partial charge >= 0.3 is 5.97 Å². The van der Waals surface area contributed by atoms with Crippen molar-refractivity contribution in [3.05, 3.63) is 34.2 Å². The topological polar surface area (TPSA) is 90.5 Å². The lowest BCUT2D eigenvalue weighted by molar-refractivity contribution is -0.137. The minimum atomic E-state index is -0.955. The number of carboxylic acids is 1. The standard InChI is InChI=1S/C13H18N2O4/c1-13(2,3)15(7-6-11(17)18)12(19)9-4-5-10(16)14-8-9/h4-5,8H,6-7H2,1-3H3,(H,14,16)(H,17,18). The molecule has 0 spiro atoms. The summed E-state index contributed by atoms with van der Waals surface area (Å²) in [6, 6.07) is 2.70. The summed E-state index contributed by atoms with van der Waals surface area (Å²) in [7, 11) is 0. The molecule has 6 nitrogen and oxygen atoms in total. The SMILES string of the molecule is CC(C)(C)N(CCC(=O)O)C(=O)c1ccc(=O)[nH]c1. The van der Waals surface area contributed by atoms with Crippen LogP contribution in [-0.4, -0.2) is 39.0 Å². The van der Waals surface area contributed by atoms with E-state index in [9.17, 15) is 14.4 Å². The maximum absolute atomic E-state index is 12.3. The molecule has 1 amide bonds. The molecule has 6 heteroatoms. The van der Waals surface area contributed by atoms with Crippen LogP contribution < -0.4 is 5.56 Å². The van der Waals surface area contributed by atoms with Gasteiger partial charge in [0.25, 0.3) is 5.91 Å². The van der Waals surface area contributed by atoms with Crippen molar-refractivity contribution in [3.63, 3.8) is 0 Å². The summed E-state index contributed by atoms with van der Waals surface area (Å²) < 4.78 is 0. The molecule has 0 aliphatic carbocycles. The third-order valence-corrected chi connectivity index (χ3v) is 2.64. The molecule has 0 atom stereocenters. The Morgan fingerprint density at radius 2 is 1.95 bits per heavy atom. The van der Waals surface area contributed by atoms with Crippen molar-refractivity contribution in [1.29, 1.82) is 0 Å². The van der Waals surface area contributed by atoms with Crippen LogP contribution in [0, 0.1) is 0 Å². The molecule has 0 aliphatic rings. The number of hydrogen-bond donors (Lipinski definition) is 2. The van der Waals surface area contributed by atoms with E-state index in [2.05, 4.69) is 4.98 Å². The maximum Gasteiger partial charge on any atom is 0.305 e. The van der Waals surface area contributed by atoms with Gasteiger partial charge in [0, 0.05) is 24.3 Å². The number of carbonyl (C=O) groups is 2. The van der Waals surface area contributed by atoms with Crippen LogP contribution in [0.3, 0.4) is 0 Å². The van der Waals surface area contributed by atoms with E-state index >= 15 is 0 Å². The maximum atomic E-state index is 12.3. The highest BCUT2D eigenvalue weighted by Crippen LogP contribution is 2.17. The number of aromatic nitrogens is 1. The first-order valence-corrected chi connectivity index (χ1v) is 5.94. The summed E-state index contributed by atoms with van der Waals surface area (Å²) in [4.78, 5) is 37.9. The molecule has 1 aromatic rings. The summed E-state index contributed by atoms with van der Waals surface area (Å²) in [6.07, 6.45) is 1.22. The number of H-pyrrole nitrogens is 1. The molecule has 0 aromatic carbocycles. The first kappa shape index (κ1) is 14.9. The molecule has 1 heterocycles. The van der Waals surface area contributed by atoms with Crippen LogP contribution in [0.2, 0.25) is 0 Å². The second-order valence-corrected chi connectivity index (χ2v) is 5.21. The lowest BCUT2D eigenvalue weighted by Crippen LogP contribution is -2.46. The van der Waals surface area contributed by atoms with Crippen LogP contribution in [0.15, 0.2) is 23.1 Å². The van der Waals surface area contributed by atoms with Crippen LogP contribution in [0.1, 0.15) is 37.6 Å². The Hall–Kier alpha value is -2.11. The number of hydrogen-bond acceptors (Lipinski definition) is 3. The number of rotatable bonds is 4. The van der Waals surface area contributed by atoms with Crippen LogP contribution in [0.4, 0.5) is 0 Å². The molecular formula is C13H18N2O4. The molecule has 2 N–H and O–H groups in total. The monoisotopic (exact) mass is 266 g/mol. The van der Waals surface area contributed by atoms with Crippen LogP contribution in [-0.2, 0) is 4.79 Å². The van der Waals surface area contributed by atoms with Crippen LogP contribution >= 0.6 is 0 Å². The number of pyridine rings is 1. The molecule has 0 saturated heterocycles. The number of nitrogens with zero attached hydrogens (tertiary/aromatic N) is 1. The molecule has 0 aliphatic heterocycles. The Morgan fingerprint density at radius 3 is 2.37 bits per heavy atom. The average Bonchev–Trinajstić information content (AvgIpc) is 2.27. The normalized spacial score (nSPS) is 11.1. The summed E-state index contributed by atoms with van der Waals surface area (Å²) in [5.74, 6) is -1.26. The zero-order chi connectivity index (χ0) is 14.6. The molecule has 19 heavy (non-hydrogen) atoms. The van der Waals surface area contributed by atoms with Gasteiger partial charge in [-0.05, 0) is 26.8 Å². The summed E-state index contributed by atoms with van der Waals surface area (Å²) in [5, 5.41) is 8.73. The van der Waals surface area contributed by atoms with E-state index in [-0.39, 0.29) is 24.4 Å². The van der Waals surface area contributed by atoms with Gasteiger partial charge in [-0.1, -0.05) is 0 Å². The molecule has 1 aromatic heterocycles. The fraction of sp³-hybridized carbons (Fsp3) is 0.462. The number of carboxylic acid groups (broad SMARTS) is 1. The Bertz CT molecular complexity index is 508. The van der Waals surface area contributed by atoms with Crippen molar-refractivity contribution >= 4 is 11.9 Å². The Morgan fingerprint density at radius 1 is 1.32 bits per heavy atom. The van der Waals surface area contributed by atoms with Crippen LogP contribution in [0.5, 0.6) is 0 Å². The van der Waals surface area contributed by atoms with Crippen molar-refractivity contribution in [2.45, 2.75) is 32.7 Å². The molecule has 1 rings (SSSR count). The third kappa shape index (κ3) is 4.24. The molecule has 104 valence electrons.